The number of benzene rings is 2. The number of carbonyl (C=O) groups excluding carboxylic acids is 2. The molecule has 1 fully saturated rings. The number of likely N-dealkylation sites (N-methyl/N-ethyl adjacent to an activating group) is 1. The van der Waals surface area contributed by atoms with Gasteiger partial charge in [-0.15, -0.1) is 0 Å². The Bertz CT molecular complexity index is 1090. The normalized spacial score (nSPS) is 17.5. The van der Waals surface area contributed by atoms with Crippen LogP contribution in [0.3, 0.4) is 0 Å². The highest BCUT2D eigenvalue weighted by Gasteiger charge is 2.47. The van der Waals surface area contributed by atoms with Gasteiger partial charge in [-0.2, -0.15) is 0 Å². The van der Waals surface area contributed by atoms with Gasteiger partial charge in [0.2, 0.25) is 0 Å². The number of methoxy groups -OCH3 is 3. The maximum Gasteiger partial charge on any atom is 0.295 e. The number of likely N-dealkylation sites (tertiary alicyclic amines) is 1. The molecule has 2 aromatic carbocycles. The first-order valence-corrected chi connectivity index (χ1v) is 10.5. The number of amides is 1. The van der Waals surface area contributed by atoms with Crippen LogP contribution in [0, 0.1) is 6.92 Å². The van der Waals surface area contributed by atoms with Crippen molar-refractivity contribution >= 4 is 17.4 Å². The first-order chi connectivity index (χ1) is 15.7. The zero-order valence-electron chi connectivity index (χ0n) is 19.8. The minimum Gasteiger partial charge on any atom is -0.507 e. The van der Waals surface area contributed by atoms with Gasteiger partial charge in [0.1, 0.15) is 11.5 Å². The number of hydrogen-bond acceptors (Lipinski definition) is 7. The van der Waals surface area contributed by atoms with Crippen LogP contribution >= 0.6 is 0 Å². The van der Waals surface area contributed by atoms with Crippen LogP contribution in [0.15, 0.2) is 42.0 Å². The van der Waals surface area contributed by atoms with E-state index in [9.17, 15) is 14.7 Å². The molecule has 8 heteroatoms. The lowest BCUT2D eigenvalue weighted by molar-refractivity contribution is -0.140. The van der Waals surface area contributed by atoms with Gasteiger partial charge < -0.3 is 29.1 Å². The van der Waals surface area contributed by atoms with E-state index in [2.05, 4.69) is 0 Å². The number of rotatable bonds is 8. The van der Waals surface area contributed by atoms with Gasteiger partial charge in [-0.3, -0.25) is 9.59 Å². The van der Waals surface area contributed by atoms with Crippen molar-refractivity contribution in [2.45, 2.75) is 13.0 Å². The van der Waals surface area contributed by atoms with Crippen LogP contribution in [0.2, 0.25) is 0 Å². The molecule has 3 rings (SSSR count). The number of ketones is 1. The van der Waals surface area contributed by atoms with E-state index in [1.165, 1.54) is 19.1 Å². The molecule has 8 nitrogen and oxygen atoms in total. The molecular formula is C25H30N2O6. The van der Waals surface area contributed by atoms with Gasteiger partial charge in [-0.25, -0.2) is 0 Å². The van der Waals surface area contributed by atoms with Gasteiger partial charge in [0.05, 0.1) is 32.9 Å². The molecule has 0 spiro atoms. The lowest BCUT2D eigenvalue weighted by atomic mass is 9.93. The molecule has 2 aromatic rings. The van der Waals surface area contributed by atoms with Crippen molar-refractivity contribution in [2.24, 2.45) is 0 Å². The number of ether oxygens (including phenoxy) is 3. The zero-order valence-corrected chi connectivity index (χ0v) is 19.8. The fourth-order valence-corrected chi connectivity index (χ4v) is 4.04. The molecule has 1 unspecified atom stereocenters. The van der Waals surface area contributed by atoms with Gasteiger partial charge in [0.15, 0.2) is 11.5 Å². The summed E-state index contributed by atoms with van der Waals surface area (Å²) in [6.45, 7) is 2.64. The molecule has 1 atom stereocenters. The Morgan fingerprint density at radius 3 is 2.36 bits per heavy atom. The second-order valence-corrected chi connectivity index (χ2v) is 8.06. The van der Waals surface area contributed by atoms with Gasteiger partial charge in [-0.05, 0) is 50.8 Å². The van der Waals surface area contributed by atoms with Crippen molar-refractivity contribution < 1.29 is 28.9 Å². The van der Waals surface area contributed by atoms with Crippen LogP contribution in [0.5, 0.6) is 17.2 Å². The second-order valence-electron chi connectivity index (χ2n) is 8.06. The quantitative estimate of drug-likeness (QED) is 0.373. The zero-order chi connectivity index (χ0) is 24.3. The van der Waals surface area contributed by atoms with Crippen molar-refractivity contribution in [2.75, 3.05) is 48.5 Å². The van der Waals surface area contributed by atoms with Crippen LogP contribution < -0.4 is 14.2 Å². The van der Waals surface area contributed by atoms with Crippen molar-refractivity contribution in [1.29, 1.82) is 0 Å². The van der Waals surface area contributed by atoms with E-state index in [0.717, 1.165) is 0 Å². The number of Topliss-reactive ketones (excluding diaryl/α,β-unsaturated/α-hetero) is 1. The number of para-hydroxylation sites is 1. The van der Waals surface area contributed by atoms with E-state index >= 15 is 0 Å². The molecule has 1 aliphatic rings. The van der Waals surface area contributed by atoms with Crippen molar-refractivity contribution in [3.63, 3.8) is 0 Å². The summed E-state index contributed by atoms with van der Waals surface area (Å²) in [5, 5.41) is 11.3. The minimum absolute atomic E-state index is 0.0126. The average molecular weight is 455 g/mol. The third kappa shape index (κ3) is 4.52. The molecular weight excluding hydrogens is 424 g/mol. The lowest BCUT2D eigenvalue weighted by Crippen LogP contribution is -2.35. The molecule has 1 amide bonds. The first kappa shape index (κ1) is 24.1. The van der Waals surface area contributed by atoms with Gasteiger partial charge in [0, 0.05) is 24.2 Å². The lowest BCUT2D eigenvalue weighted by Gasteiger charge is -2.28. The smallest absolute Gasteiger partial charge is 0.295 e. The number of carbonyl (C=O) groups is 2. The predicted molar refractivity (Wildman–Crippen MR) is 125 cm³/mol. The maximum atomic E-state index is 13.2. The summed E-state index contributed by atoms with van der Waals surface area (Å²) in [5.41, 5.74) is 1.73. The highest BCUT2D eigenvalue weighted by atomic mass is 16.5. The van der Waals surface area contributed by atoms with Crippen molar-refractivity contribution in [1.82, 2.24) is 9.80 Å². The van der Waals surface area contributed by atoms with Crippen molar-refractivity contribution in [3.8, 4) is 17.2 Å². The van der Waals surface area contributed by atoms with Gasteiger partial charge in [-0.1, -0.05) is 12.1 Å². The number of aliphatic hydroxyl groups is 1. The van der Waals surface area contributed by atoms with E-state index in [4.69, 9.17) is 14.2 Å². The average Bonchev–Trinajstić information content (AvgIpc) is 3.06. The largest absolute Gasteiger partial charge is 0.507 e. The highest BCUT2D eigenvalue weighted by molar-refractivity contribution is 6.46. The number of aliphatic hydroxyl groups excluding tert-OH is 1. The molecule has 0 radical (unpaired) electrons. The third-order valence-corrected chi connectivity index (χ3v) is 5.74. The van der Waals surface area contributed by atoms with Crippen molar-refractivity contribution in [3.05, 3.63) is 58.7 Å². The minimum atomic E-state index is -0.837. The maximum absolute atomic E-state index is 13.2. The standard InChI is InChI=1S/C25H30N2O6/c1-15-14-16(31-4)10-11-17(15)22(28)20-21(18-8-7-9-19(32-5)24(18)33-6)27(13-12-26(2)3)25(30)23(20)29/h7-11,14,21,28H,12-13H2,1-6H3. The Kier molecular flexibility index (Phi) is 7.28. The summed E-state index contributed by atoms with van der Waals surface area (Å²) in [6, 6.07) is 9.58. The number of aryl methyl sites for hydroxylation is 1. The van der Waals surface area contributed by atoms with Gasteiger partial charge in [0.25, 0.3) is 11.7 Å². The molecule has 33 heavy (non-hydrogen) atoms. The van der Waals surface area contributed by atoms with E-state index in [1.54, 1.807) is 50.4 Å². The van der Waals surface area contributed by atoms with Crippen LogP contribution in [-0.2, 0) is 9.59 Å². The Hall–Kier alpha value is -3.52. The monoisotopic (exact) mass is 454 g/mol. The van der Waals surface area contributed by atoms with E-state index in [-0.39, 0.29) is 11.3 Å². The second kappa shape index (κ2) is 9.95. The Labute approximate surface area is 194 Å². The summed E-state index contributed by atoms with van der Waals surface area (Å²) in [4.78, 5) is 29.7. The molecule has 0 aromatic heterocycles. The summed E-state index contributed by atoms with van der Waals surface area (Å²) >= 11 is 0. The summed E-state index contributed by atoms with van der Waals surface area (Å²) < 4.78 is 16.3. The summed E-state index contributed by atoms with van der Waals surface area (Å²) in [7, 11) is 8.35. The molecule has 0 saturated carbocycles. The molecule has 176 valence electrons. The summed E-state index contributed by atoms with van der Waals surface area (Å²) in [6.07, 6.45) is 0. The van der Waals surface area contributed by atoms with Crippen LogP contribution in [-0.4, -0.2) is 75.1 Å². The first-order valence-electron chi connectivity index (χ1n) is 10.5. The van der Waals surface area contributed by atoms with E-state index in [0.29, 0.717) is 47.0 Å². The Balaban J connectivity index is 2.26. The molecule has 1 aliphatic heterocycles. The van der Waals surface area contributed by atoms with Gasteiger partial charge >= 0.3 is 0 Å². The SMILES string of the molecule is COc1ccc(C(O)=C2C(=O)C(=O)N(CCN(C)C)C2c2cccc(OC)c2OC)c(C)c1. The number of nitrogens with zero attached hydrogens (tertiary/aromatic N) is 2. The number of hydrogen-bond donors (Lipinski definition) is 1. The molecule has 1 saturated heterocycles. The fourth-order valence-electron chi connectivity index (χ4n) is 4.04. The Morgan fingerprint density at radius 2 is 1.79 bits per heavy atom. The van der Waals surface area contributed by atoms with Crippen LogP contribution in [0.25, 0.3) is 5.76 Å². The predicted octanol–water partition coefficient (Wildman–Crippen LogP) is 3.00. The van der Waals surface area contributed by atoms with Crippen LogP contribution in [0.4, 0.5) is 0 Å². The van der Waals surface area contributed by atoms with E-state index < -0.39 is 17.7 Å². The molecule has 0 bridgehead atoms. The van der Waals surface area contributed by atoms with Crippen LogP contribution in [0.1, 0.15) is 22.7 Å². The third-order valence-electron chi connectivity index (χ3n) is 5.74. The molecule has 0 aliphatic carbocycles. The fraction of sp³-hybridized carbons (Fsp3) is 0.360. The molecule has 1 N–H and O–H groups in total. The van der Waals surface area contributed by atoms with E-state index in [1.807, 2.05) is 19.0 Å². The Morgan fingerprint density at radius 1 is 1.06 bits per heavy atom. The molecule has 1 heterocycles. The topological polar surface area (TPSA) is 88.5 Å². The summed E-state index contributed by atoms with van der Waals surface area (Å²) in [5.74, 6) is -0.152. The highest BCUT2D eigenvalue weighted by Crippen LogP contribution is 2.45.